The van der Waals surface area contributed by atoms with Gasteiger partial charge in [0.1, 0.15) is 18.4 Å². The number of carbonyl (C=O) groups is 1. The maximum absolute atomic E-state index is 13.1. The Morgan fingerprint density at radius 2 is 1.85 bits per heavy atom. The molecule has 5 atom stereocenters. The number of aromatic hydroxyl groups is 1. The van der Waals surface area contributed by atoms with Gasteiger partial charge in [-0.05, 0) is 56.5 Å². The van der Waals surface area contributed by atoms with Crippen LogP contribution in [0.5, 0.6) is 28.7 Å². The lowest BCUT2D eigenvalue weighted by molar-refractivity contribution is -0.143. The minimum Gasteiger partial charge on any atom is -0.507 e. The topological polar surface area (TPSA) is 123 Å². The number of rotatable bonds is 8. The number of carbonyl (C=O) groups excluding carboxylic acids is 1. The van der Waals surface area contributed by atoms with E-state index in [2.05, 4.69) is 21.9 Å². The molecule has 0 aliphatic carbocycles. The van der Waals surface area contributed by atoms with Gasteiger partial charge in [-0.1, -0.05) is 36.4 Å². The molecule has 7 rings (SSSR count). The Labute approximate surface area is 279 Å². The summed E-state index contributed by atoms with van der Waals surface area (Å²) in [5, 5.41) is 22.5. The van der Waals surface area contributed by atoms with Gasteiger partial charge in [0.05, 0.1) is 25.3 Å². The number of nitriles is 1. The van der Waals surface area contributed by atoms with Crippen LogP contribution in [-0.4, -0.2) is 80.5 Å². The molecule has 4 aliphatic rings. The first kappa shape index (κ1) is 31.8. The van der Waals surface area contributed by atoms with Gasteiger partial charge in [0.15, 0.2) is 29.8 Å². The monoisotopic (exact) mass is 653 g/mol. The minimum absolute atomic E-state index is 0.00417. The number of benzene rings is 3. The Hall–Kier alpha value is -4.76. The molecular weight excluding hydrogens is 614 g/mol. The summed E-state index contributed by atoms with van der Waals surface area (Å²) in [7, 11) is 5.24. The zero-order chi connectivity index (χ0) is 33.7. The van der Waals surface area contributed by atoms with Gasteiger partial charge in [-0.25, -0.2) is 4.79 Å². The largest absolute Gasteiger partial charge is 0.507 e. The van der Waals surface area contributed by atoms with Gasteiger partial charge < -0.3 is 33.5 Å². The highest BCUT2D eigenvalue weighted by atomic mass is 16.7. The summed E-state index contributed by atoms with van der Waals surface area (Å²) in [6, 6.07) is 12.3. The minimum atomic E-state index is -0.615. The van der Waals surface area contributed by atoms with Crippen molar-refractivity contribution in [2.24, 2.45) is 0 Å². The van der Waals surface area contributed by atoms with E-state index in [-0.39, 0.29) is 44.1 Å². The van der Waals surface area contributed by atoms with Crippen LogP contribution in [0, 0.1) is 25.2 Å². The molecule has 0 spiro atoms. The molecular formula is C37H39N3O8. The molecule has 250 valence electrons. The first-order valence-corrected chi connectivity index (χ1v) is 16.0. The van der Waals surface area contributed by atoms with Gasteiger partial charge in [-0.2, -0.15) is 5.26 Å². The van der Waals surface area contributed by atoms with E-state index in [9.17, 15) is 15.2 Å². The van der Waals surface area contributed by atoms with Crippen molar-refractivity contribution >= 4 is 12.0 Å². The molecule has 1 saturated heterocycles. The van der Waals surface area contributed by atoms with Crippen molar-refractivity contribution in [2.75, 3.05) is 41.5 Å². The molecule has 1 N–H and O–H groups in total. The van der Waals surface area contributed by atoms with E-state index >= 15 is 0 Å². The first-order valence-electron chi connectivity index (χ1n) is 16.0. The van der Waals surface area contributed by atoms with Crippen LogP contribution >= 0.6 is 0 Å². The predicted molar refractivity (Wildman–Crippen MR) is 175 cm³/mol. The third kappa shape index (κ3) is 5.03. The fourth-order valence-corrected chi connectivity index (χ4v) is 8.18. The van der Waals surface area contributed by atoms with Gasteiger partial charge >= 0.3 is 5.97 Å². The lowest BCUT2D eigenvalue weighted by Gasteiger charge is -2.59. The summed E-state index contributed by atoms with van der Waals surface area (Å²) in [5.74, 6) is 1.81. The van der Waals surface area contributed by atoms with Crippen LogP contribution < -0.4 is 18.9 Å². The standard InChI is InChI=1S/C37H39N3O8/c1-20-13-23-14-25-27(16-38)40-26(32(39(25)3)30(23)36(34(20)44-5)46-18-43-4)15-24-31(37-35(47-19-48-37)21(2)33(24)42)28(40)17-45-29(41)12-11-22-9-7-6-8-10-22/h6-13,25-28,32,42H,14-15,17-19H2,1-5H3/b12-11+/t25?,26?,27-,28-,32?/m0/s1. The van der Waals surface area contributed by atoms with E-state index in [1.54, 1.807) is 27.2 Å². The zero-order valence-corrected chi connectivity index (χ0v) is 27.7. The Bertz CT molecular complexity index is 1820. The molecule has 1 fully saturated rings. The number of hydrogen-bond acceptors (Lipinski definition) is 11. The van der Waals surface area contributed by atoms with Crippen molar-refractivity contribution in [3.63, 3.8) is 0 Å². The molecule has 2 bridgehead atoms. The smallest absolute Gasteiger partial charge is 0.330 e. The van der Waals surface area contributed by atoms with Crippen LogP contribution in [0.25, 0.3) is 6.08 Å². The fourth-order valence-electron chi connectivity index (χ4n) is 8.18. The number of phenols is 1. The van der Waals surface area contributed by atoms with Crippen LogP contribution in [0.2, 0.25) is 0 Å². The Morgan fingerprint density at radius 3 is 2.58 bits per heavy atom. The molecule has 11 heteroatoms. The highest BCUT2D eigenvalue weighted by molar-refractivity contribution is 5.87. The predicted octanol–water partition coefficient (Wildman–Crippen LogP) is 4.76. The normalized spacial score (nSPS) is 24.0. The molecule has 3 aromatic carbocycles. The lowest BCUT2D eigenvalue weighted by Crippen LogP contribution is -2.68. The number of aryl methyl sites for hydroxylation is 1. The van der Waals surface area contributed by atoms with Crippen LogP contribution in [-0.2, 0) is 27.1 Å². The quantitative estimate of drug-likeness (QED) is 0.206. The third-order valence-electron chi connectivity index (χ3n) is 10.2. The van der Waals surface area contributed by atoms with Crippen molar-refractivity contribution in [1.29, 1.82) is 5.26 Å². The molecule has 3 unspecified atom stereocenters. The van der Waals surface area contributed by atoms with Crippen molar-refractivity contribution in [2.45, 2.75) is 56.9 Å². The number of likely N-dealkylation sites (N-methyl/N-ethyl adjacent to an activating group) is 1. The van der Waals surface area contributed by atoms with E-state index in [1.807, 2.05) is 44.3 Å². The van der Waals surface area contributed by atoms with E-state index in [0.717, 1.165) is 22.3 Å². The van der Waals surface area contributed by atoms with Gasteiger partial charge in [0.25, 0.3) is 0 Å². The van der Waals surface area contributed by atoms with Gasteiger partial charge in [0.2, 0.25) is 6.79 Å². The maximum Gasteiger partial charge on any atom is 0.330 e. The van der Waals surface area contributed by atoms with Crippen LogP contribution in [0.3, 0.4) is 0 Å². The molecule has 0 amide bonds. The zero-order valence-electron chi connectivity index (χ0n) is 27.7. The number of methoxy groups -OCH3 is 2. The van der Waals surface area contributed by atoms with Crippen LogP contribution in [0.1, 0.15) is 51.0 Å². The average Bonchev–Trinajstić information content (AvgIpc) is 3.58. The molecule has 0 aromatic heterocycles. The summed E-state index contributed by atoms with van der Waals surface area (Å²) in [5.41, 5.74) is 5.79. The van der Waals surface area contributed by atoms with Crippen molar-refractivity contribution < 1.29 is 38.3 Å². The number of hydrogen-bond donors (Lipinski definition) is 1. The van der Waals surface area contributed by atoms with Gasteiger partial charge in [-0.15, -0.1) is 0 Å². The summed E-state index contributed by atoms with van der Waals surface area (Å²) < 4.78 is 35.3. The third-order valence-corrected chi connectivity index (χ3v) is 10.2. The van der Waals surface area contributed by atoms with Crippen molar-refractivity contribution in [3.05, 3.63) is 81.4 Å². The number of fused-ring (bicyclic) bond motifs is 9. The average molecular weight is 654 g/mol. The van der Waals surface area contributed by atoms with E-state index in [0.29, 0.717) is 52.5 Å². The Balaban J connectivity index is 1.37. The number of phenolic OH excluding ortho intramolecular Hbond substituents is 1. The highest BCUT2D eigenvalue weighted by Crippen LogP contribution is 2.58. The number of nitrogens with zero attached hydrogens (tertiary/aromatic N) is 3. The Kier molecular flexibility index (Phi) is 8.41. The highest BCUT2D eigenvalue weighted by Gasteiger charge is 2.57. The van der Waals surface area contributed by atoms with E-state index in [1.165, 1.54) is 6.08 Å². The Morgan fingerprint density at radius 1 is 1.08 bits per heavy atom. The summed E-state index contributed by atoms with van der Waals surface area (Å²) >= 11 is 0. The lowest BCUT2D eigenvalue weighted by atomic mass is 9.71. The molecule has 0 saturated carbocycles. The summed E-state index contributed by atoms with van der Waals surface area (Å²) in [6.45, 7) is 3.75. The second kappa shape index (κ2) is 12.7. The van der Waals surface area contributed by atoms with Gasteiger partial charge in [-0.3, -0.25) is 9.80 Å². The number of ether oxygens (including phenoxy) is 6. The van der Waals surface area contributed by atoms with E-state index < -0.39 is 18.1 Å². The van der Waals surface area contributed by atoms with Gasteiger partial charge in [0, 0.05) is 47.5 Å². The number of esters is 1. The SMILES string of the molecule is COCOc1c(OC)c(C)cc2c1C1C3Cc4c(O)c(C)c5c(c4[C@H](COC(=O)/C=C/c4ccccc4)N3[C@@H](C#N)C(C2)N1C)OCO5. The van der Waals surface area contributed by atoms with Crippen molar-refractivity contribution in [1.82, 2.24) is 9.80 Å². The maximum atomic E-state index is 13.1. The first-order chi connectivity index (χ1) is 23.3. The van der Waals surface area contributed by atoms with E-state index in [4.69, 9.17) is 28.4 Å². The molecule has 48 heavy (non-hydrogen) atoms. The van der Waals surface area contributed by atoms with Crippen LogP contribution in [0.4, 0.5) is 0 Å². The second-order valence-corrected chi connectivity index (χ2v) is 12.7. The van der Waals surface area contributed by atoms with Crippen LogP contribution in [0.15, 0.2) is 42.5 Å². The second-order valence-electron chi connectivity index (χ2n) is 12.7. The summed E-state index contributed by atoms with van der Waals surface area (Å²) in [6.07, 6.45) is 4.10. The van der Waals surface area contributed by atoms with Crippen molar-refractivity contribution in [3.8, 4) is 34.8 Å². The molecule has 0 radical (unpaired) electrons. The molecule has 11 nitrogen and oxygen atoms in total. The fraction of sp³-hybridized carbons (Fsp3) is 0.405. The molecule has 4 aliphatic heterocycles. The summed E-state index contributed by atoms with van der Waals surface area (Å²) in [4.78, 5) is 17.6. The molecule has 4 heterocycles. The number of piperazine rings is 1. The molecule has 3 aromatic rings.